The van der Waals surface area contributed by atoms with Crippen LogP contribution in [0.25, 0.3) is 0 Å². The molecule has 0 saturated heterocycles. The summed E-state index contributed by atoms with van der Waals surface area (Å²) in [4.78, 5) is 22.8. The molecule has 0 fully saturated rings. The van der Waals surface area contributed by atoms with Gasteiger partial charge in [0.15, 0.2) is 0 Å². The number of pyridine rings is 2. The molecule has 0 radical (unpaired) electrons. The molecule has 0 spiro atoms. The van der Waals surface area contributed by atoms with E-state index in [-0.39, 0.29) is 19.2 Å². The number of carboxylic acids is 1. The molecule has 7 heteroatoms. The lowest BCUT2D eigenvalue weighted by atomic mass is 9.90. The van der Waals surface area contributed by atoms with Gasteiger partial charge < -0.3 is 15.5 Å². The van der Waals surface area contributed by atoms with Crippen molar-refractivity contribution in [2.45, 2.75) is 65.4 Å². The number of nitrogens with one attached hydrogen (secondary N) is 1. The third kappa shape index (κ3) is 6.31. The standard InChI is InChI=1S/C28H34N4O3/c1-19-11-20(2)25(31-13-19)17-32(26-7-3-5-22-6-4-10-30-28(22)26)16-23-9-8-21(12-24(23)18-33)14-29-15-27(34)35/h4,6,8-13,26,29,33H,3,5,7,14-18H2,1-2H3,(H,34,35)/t26-/m0/s1. The summed E-state index contributed by atoms with van der Waals surface area (Å²) >= 11 is 0. The summed E-state index contributed by atoms with van der Waals surface area (Å²) in [6, 6.07) is 12.6. The molecule has 3 aromatic rings. The number of aliphatic hydroxyl groups is 1. The summed E-state index contributed by atoms with van der Waals surface area (Å²) < 4.78 is 0. The SMILES string of the molecule is Cc1cnc(CN(Cc2ccc(CNCC(=O)O)cc2CO)[C@H]2CCCc3cccnc32)c(C)c1. The molecule has 0 aliphatic heterocycles. The molecule has 0 bridgehead atoms. The first-order valence-corrected chi connectivity index (χ1v) is 12.2. The number of aromatic nitrogens is 2. The Kier molecular flexibility index (Phi) is 8.23. The number of hydrogen-bond donors (Lipinski definition) is 3. The smallest absolute Gasteiger partial charge is 0.317 e. The molecule has 0 saturated carbocycles. The summed E-state index contributed by atoms with van der Waals surface area (Å²) in [6.07, 6.45) is 6.99. The first-order valence-electron chi connectivity index (χ1n) is 12.2. The minimum atomic E-state index is -0.888. The van der Waals surface area contributed by atoms with Crippen LogP contribution < -0.4 is 5.32 Å². The van der Waals surface area contributed by atoms with Gasteiger partial charge in [-0.2, -0.15) is 0 Å². The molecule has 3 N–H and O–H groups in total. The number of aliphatic carboxylic acids is 1. The molecular formula is C28H34N4O3. The molecule has 1 aromatic carbocycles. The number of hydrogen-bond acceptors (Lipinski definition) is 6. The number of benzene rings is 1. The molecule has 35 heavy (non-hydrogen) atoms. The van der Waals surface area contributed by atoms with E-state index in [0.29, 0.717) is 19.6 Å². The van der Waals surface area contributed by atoms with E-state index >= 15 is 0 Å². The predicted octanol–water partition coefficient (Wildman–Crippen LogP) is 3.84. The zero-order valence-corrected chi connectivity index (χ0v) is 20.5. The maximum absolute atomic E-state index is 10.8. The highest BCUT2D eigenvalue weighted by molar-refractivity contribution is 5.69. The van der Waals surface area contributed by atoms with Crippen LogP contribution in [0.4, 0.5) is 0 Å². The van der Waals surface area contributed by atoms with Gasteiger partial charge in [-0.15, -0.1) is 0 Å². The van der Waals surface area contributed by atoms with Crippen molar-refractivity contribution in [3.63, 3.8) is 0 Å². The highest BCUT2D eigenvalue weighted by atomic mass is 16.4. The van der Waals surface area contributed by atoms with E-state index < -0.39 is 5.97 Å². The molecule has 1 aliphatic carbocycles. The van der Waals surface area contributed by atoms with Gasteiger partial charge in [-0.05, 0) is 72.6 Å². The van der Waals surface area contributed by atoms with Crippen molar-refractivity contribution in [2.24, 2.45) is 0 Å². The monoisotopic (exact) mass is 474 g/mol. The van der Waals surface area contributed by atoms with Crippen LogP contribution >= 0.6 is 0 Å². The first-order chi connectivity index (χ1) is 16.9. The van der Waals surface area contributed by atoms with Crippen LogP contribution in [0.3, 0.4) is 0 Å². The lowest BCUT2D eigenvalue weighted by Gasteiger charge is -2.35. The van der Waals surface area contributed by atoms with Crippen molar-refractivity contribution < 1.29 is 15.0 Å². The largest absolute Gasteiger partial charge is 0.480 e. The number of carboxylic acid groups (broad SMARTS) is 1. The number of fused-ring (bicyclic) bond motifs is 1. The number of aliphatic hydroxyl groups excluding tert-OH is 1. The molecule has 1 atom stereocenters. The Hall–Kier alpha value is -3.13. The van der Waals surface area contributed by atoms with Gasteiger partial charge in [0.25, 0.3) is 0 Å². The van der Waals surface area contributed by atoms with Crippen molar-refractivity contribution in [3.05, 3.63) is 93.6 Å². The first kappa shape index (κ1) is 25.0. The van der Waals surface area contributed by atoms with Crippen molar-refractivity contribution in [2.75, 3.05) is 6.54 Å². The van der Waals surface area contributed by atoms with Crippen LogP contribution in [0, 0.1) is 13.8 Å². The Bertz CT molecular complexity index is 1180. The Balaban J connectivity index is 1.63. The van der Waals surface area contributed by atoms with E-state index in [4.69, 9.17) is 15.1 Å². The second kappa shape index (κ2) is 11.5. The summed E-state index contributed by atoms with van der Waals surface area (Å²) in [5.74, 6) is -0.888. The summed E-state index contributed by atoms with van der Waals surface area (Å²) in [5, 5.41) is 21.9. The zero-order valence-electron chi connectivity index (χ0n) is 20.5. The number of rotatable bonds is 10. The molecule has 0 unspecified atom stereocenters. The number of aryl methyl sites for hydroxylation is 3. The van der Waals surface area contributed by atoms with Crippen LogP contribution in [-0.2, 0) is 37.5 Å². The van der Waals surface area contributed by atoms with Crippen LogP contribution in [-0.4, -0.2) is 37.6 Å². The van der Waals surface area contributed by atoms with Gasteiger partial charge in [0.05, 0.1) is 30.6 Å². The van der Waals surface area contributed by atoms with Gasteiger partial charge in [0, 0.05) is 32.0 Å². The van der Waals surface area contributed by atoms with E-state index in [9.17, 15) is 9.90 Å². The summed E-state index contributed by atoms with van der Waals surface area (Å²) in [7, 11) is 0. The van der Waals surface area contributed by atoms with Crippen LogP contribution in [0.2, 0.25) is 0 Å². The maximum Gasteiger partial charge on any atom is 0.317 e. The molecule has 1 aliphatic rings. The van der Waals surface area contributed by atoms with Gasteiger partial charge in [-0.25, -0.2) is 0 Å². The molecule has 184 valence electrons. The van der Waals surface area contributed by atoms with Crippen LogP contribution in [0.5, 0.6) is 0 Å². The van der Waals surface area contributed by atoms with E-state index in [2.05, 4.69) is 36.2 Å². The van der Waals surface area contributed by atoms with Gasteiger partial charge in [-0.3, -0.25) is 19.7 Å². The number of nitrogens with zero attached hydrogens (tertiary/aromatic N) is 3. The molecule has 2 aromatic heterocycles. The fraction of sp³-hybridized carbons (Fsp3) is 0.393. The third-order valence-electron chi connectivity index (χ3n) is 6.70. The van der Waals surface area contributed by atoms with Gasteiger partial charge in [0.1, 0.15) is 0 Å². The van der Waals surface area contributed by atoms with Gasteiger partial charge >= 0.3 is 5.97 Å². The predicted molar refractivity (Wildman–Crippen MR) is 135 cm³/mol. The average molecular weight is 475 g/mol. The Morgan fingerprint density at radius 2 is 2.00 bits per heavy atom. The van der Waals surface area contributed by atoms with Crippen LogP contribution in [0.15, 0.2) is 48.8 Å². The Morgan fingerprint density at radius 3 is 2.77 bits per heavy atom. The van der Waals surface area contributed by atoms with Crippen molar-refractivity contribution in [3.8, 4) is 0 Å². The second-order valence-corrected chi connectivity index (χ2v) is 9.40. The molecule has 4 rings (SSSR count). The quantitative estimate of drug-likeness (QED) is 0.411. The molecule has 7 nitrogen and oxygen atoms in total. The maximum atomic E-state index is 10.8. The molecule has 0 amide bonds. The highest BCUT2D eigenvalue weighted by Crippen LogP contribution is 2.35. The van der Waals surface area contributed by atoms with E-state index in [1.165, 1.54) is 11.1 Å². The summed E-state index contributed by atoms with van der Waals surface area (Å²) in [5.41, 5.74) is 8.70. The van der Waals surface area contributed by atoms with Crippen LogP contribution in [0.1, 0.15) is 63.7 Å². The Labute approximate surface area is 206 Å². The van der Waals surface area contributed by atoms with Crippen molar-refractivity contribution in [1.29, 1.82) is 0 Å². The lowest BCUT2D eigenvalue weighted by Crippen LogP contribution is -2.32. The van der Waals surface area contributed by atoms with Gasteiger partial charge in [0.2, 0.25) is 0 Å². The number of carbonyl (C=O) groups is 1. The fourth-order valence-electron chi connectivity index (χ4n) is 4.94. The minimum absolute atomic E-state index is 0.0722. The van der Waals surface area contributed by atoms with E-state index in [1.807, 2.05) is 36.7 Å². The Morgan fingerprint density at radius 1 is 1.14 bits per heavy atom. The van der Waals surface area contributed by atoms with E-state index in [1.54, 1.807) is 0 Å². The van der Waals surface area contributed by atoms with Crippen molar-refractivity contribution in [1.82, 2.24) is 20.2 Å². The van der Waals surface area contributed by atoms with E-state index in [0.717, 1.165) is 52.9 Å². The minimum Gasteiger partial charge on any atom is -0.480 e. The van der Waals surface area contributed by atoms with Crippen molar-refractivity contribution >= 4 is 5.97 Å². The third-order valence-corrected chi connectivity index (χ3v) is 6.70. The average Bonchev–Trinajstić information content (AvgIpc) is 2.85. The fourth-order valence-corrected chi connectivity index (χ4v) is 4.94. The zero-order chi connectivity index (χ0) is 24.8. The lowest BCUT2D eigenvalue weighted by molar-refractivity contribution is -0.136. The summed E-state index contributed by atoms with van der Waals surface area (Å²) in [6.45, 7) is 5.80. The highest BCUT2D eigenvalue weighted by Gasteiger charge is 2.28. The van der Waals surface area contributed by atoms with Gasteiger partial charge in [-0.1, -0.05) is 30.3 Å². The second-order valence-electron chi connectivity index (χ2n) is 9.40. The molecular weight excluding hydrogens is 440 g/mol. The topological polar surface area (TPSA) is 98.6 Å². The molecule has 2 heterocycles. The normalized spacial score (nSPS) is 15.3.